The maximum Gasteiger partial charge on any atom is 0.416 e. The molecule has 0 aliphatic rings. The van der Waals surface area contributed by atoms with Crippen molar-refractivity contribution in [2.45, 2.75) is 12.7 Å². The van der Waals surface area contributed by atoms with Crippen LogP contribution in [-0.4, -0.2) is 9.67 Å². The summed E-state index contributed by atoms with van der Waals surface area (Å²) < 4.78 is 40.8. The lowest BCUT2D eigenvalue weighted by atomic mass is 10.1. The van der Waals surface area contributed by atoms with Crippen molar-refractivity contribution < 1.29 is 18.3 Å². The molecule has 0 spiro atoms. The average molecular weight is 533 g/mol. The van der Waals surface area contributed by atoms with E-state index in [0.717, 1.165) is 12.1 Å². The highest BCUT2D eigenvalue weighted by Gasteiger charge is 2.30. The number of hydrogen-bond acceptors (Lipinski definition) is 3. The van der Waals surface area contributed by atoms with E-state index in [2.05, 4.69) is 10.2 Å². The van der Waals surface area contributed by atoms with Crippen molar-refractivity contribution in [3.8, 4) is 5.88 Å². The van der Waals surface area contributed by atoms with Crippen molar-refractivity contribution in [3.63, 3.8) is 0 Å². The summed E-state index contributed by atoms with van der Waals surface area (Å²) in [6.45, 7) is -0.0497. The van der Waals surface area contributed by atoms with Crippen LogP contribution < -0.4 is 0 Å². The lowest BCUT2D eigenvalue weighted by molar-refractivity contribution is -0.137. The molecule has 0 saturated heterocycles. The maximum absolute atomic E-state index is 13.1. The van der Waals surface area contributed by atoms with Gasteiger partial charge in [-0.05, 0) is 48.0 Å². The van der Waals surface area contributed by atoms with Gasteiger partial charge in [0, 0.05) is 15.4 Å². The maximum atomic E-state index is 13.1. The summed E-state index contributed by atoms with van der Waals surface area (Å²) in [4.78, 5) is 0. The van der Waals surface area contributed by atoms with Gasteiger partial charge in [0.2, 0.25) is 5.88 Å². The first-order valence-corrected chi connectivity index (χ1v) is 10.8. The van der Waals surface area contributed by atoms with Crippen LogP contribution in [0.5, 0.6) is 5.88 Å². The normalized spacial score (nSPS) is 12.2. The molecule has 0 amide bonds. The molecule has 0 bridgehead atoms. The van der Waals surface area contributed by atoms with Gasteiger partial charge in [-0.3, -0.25) is 0 Å². The third kappa shape index (κ3) is 4.92. The van der Waals surface area contributed by atoms with Crippen LogP contribution in [0.2, 0.25) is 20.1 Å². The highest BCUT2D eigenvalue weighted by atomic mass is 35.5. The molecule has 0 aliphatic heterocycles. The van der Waals surface area contributed by atoms with Crippen molar-refractivity contribution >= 4 is 68.7 Å². The molecular weight excluding hydrogens is 521 g/mol. The monoisotopic (exact) mass is 531 g/mol. The zero-order chi connectivity index (χ0) is 23.9. The Bertz CT molecular complexity index is 1380. The molecule has 0 atom stereocenters. The molecule has 4 nitrogen and oxygen atoms in total. The van der Waals surface area contributed by atoms with Gasteiger partial charge in [0.1, 0.15) is 5.69 Å². The first-order chi connectivity index (χ1) is 15.5. The minimum atomic E-state index is -4.49. The molecule has 170 valence electrons. The number of alkyl halides is 3. The molecule has 33 heavy (non-hydrogen) atoms. The van der Waals surface area contributed by atoms with E-state index in [1.165, 1.54) is 28.8 Å². The Balaban J connectivity index is 1.82. The number of halogens is 7. The van der Waals surface area contributed by atoms with E-state index in [9.17, 15) is 18.3 Å². The summed E-state index contributed by atoms with van der Waals surface area (Å²) >= 11 is 24.3. The fourth-order valence-electron chi connectivity index (χ4n) is 3.31. The van der Waals surface area contributed by atoms with E-state index >= 15 is 0 Å². The topological polar surface area (TPSA) is 49.9 Å². The molecule has 0 unspecified atom stereocenters. The summed E-state index contributed by atoms with van der Waals surface area (Å²) in [6, 6.07) is 12.5. The number of benzene rings is 3. The Morgan fingerprint density at radius 1 is 0.818 bits per heavy atom. The minimum absolute atomic E-state index is 0.0497. The van der Waals surface area contributed by atoms with Gasteiger partial charge >= 0.3 is 6.18 Å². The molecule has 4 rings (SSSR count). The quantitative estimate of drug-likeness (QED) is 0.261. The second-order valence-electron chi connectivity index (χ2n) is 7.04. The SMILES string of the molecule is Oc1c(N=Nc2c(Cl)cc(Cl)cc2Cl)c2cc(Cl)ccc2n1Cc1cccc(C(F)(F)F)c1. The van der Waals surface area contributed by atoms with E-state index in [0.29, 0.717) is 26.5 Å². The number of rotatable bonds is 4. The van der Waals surface area contributed by atoms with Crippen molar-refractivity contribution in [1.29, 1.82) is 0 Å². The van der Waals surface area contributed by atoms with Gasteiger partial charge in [0.25, 0.3) is 0 Å². The summed E-state index contributed by atoms with van der Waals surface area (Å²) in [5, 5.41) is 20.5. The second-order valence-corrected chi connectivity index (χ2v) is 8.72. The molecule has 0 fully saturated rings. The van der Waals surface area contributed by atoms with Gasteiger partial charge < -0.3 is 9.67 Å². The number of aromatic nitrogens is 1. The lowest BCUT2D eigenvalue weighted by Gasteiger charge is -2.11. The van der Waals surface area contributed by atoms with Crippen LogP contribution in [0.15, 0.2) is 64.8 Å². The second kappa shape index (κ2) is 9.06. The first-order valence-electron chi connectivity index (χ1n) is 9.27. The van der Waals surface area contributed by atoms with E-state index in [1.54, 1.807) is 18.2 Å². The van der Waals surface area contributed by atoms with Gasteiger partial charge in [-0.25, -0.2) is 0 Å². The predicted octanol–water partition coefficient (Wildman–Crippen LogP) is 9.44. The molecular formula is C22H12Cl4F3N3O. The van der Waals surface area contributed by atoms with E-state index in [4.69, 9.17) is 46.4 Å². The van der Waals surface area contributed by atoms with Gasteiger partial charge in [0.15, 0.2) is 5.69 Å². The number of azo groups is 1. The molecule has 1 aromatic heterocycles. The molecule has 11 heteroatoms. The number of aromatic hydroxyl groups is 1. The van der Waals surface area contributed by atoms with Crippen molar-refractivity contribution in [2.24, 2.45) is 10.2 Å². The average Bonchev–Trinajstić information content (AvgIpc) is 2.97. The Labute approximate surface area is 205 Å². The predicted molar refractivity (Wildman–Crippen MR) is 125 cm³/mol. The number of fused-ring (bicyclic) bond motifs is 1. The molecule has 0 saturated carbocycles. The highest BCUT2D eigenvalue weighted by molar-refractivity contribution is 6.41. The van der Waals surface area contributed by atoms with Crippen LogP contribution in [-0.2, 0) is 12.7 Å². The van der Waals surface area contributed by atoms with Gasteiger partial charge in [-0.15, -0.1) is 10.2 Å². The summed E-state index contributed by atoms with van der Waals surface area (Å²) in [5.74, 6) is -0.311. The minimum Gasteiger partial charge on any atom is -0.493 e. The van der Waals surface area contributed by atoms with Crippen LogP contribution >= 0.6 is 46.4 Å². The lowest BCUT2D eigenvalue weighted by Crippen LogP contribution is -2.06. The highest BCUT2D eigenvalue weighted by Crippen LogP contribution is 2.43. The van der Waals surface area contributed by atoms with Crippen molar-refractivity contribution in [1.82, 2.24) is 4.57 Å². The van der Waals surface area contributed by atoms with Gasteiger partial charge in [-0.1, -0.05) is 58.5 Å². The van der Waals surface area contributed by atoms with Crippen molar-refractivity contribution in [3.05, 3.63) is 85.8 Å². The largest absolute Gasteiger partial charge is 0.493 e. The molecule has 4 aromatic rings. The standard InChI is InChI=1S/C22H12Cl4F3N3O/c23-13-4-5-18-15(7-13)19(30-31-20-16(25)8-14(24)9-17(20)26)21(33)32(18)10-11-2-1-3-12(6-11)22(27,28)29/h1-9,33H,10H2. The zero-order valence-electron chi connectivity index (χ0n) is 16.3. The molecule has 0 aliphatic carbocycles. The Kier molecular flexibility index (Phi) is 6.51. The first kappa shape index (κ1) is 23.7. The summed E-state index contributed by atoms with van der Waals surface area (Å²) in [6.07, 6.45) is -4.49. The molecule has 3 aromatic carbocycles. The zero-order valence-corrected chi connectivity index (χ0v) is 19.4. The number of nitrogens with zero attached hydrogens (tertiary/aromatic N) is 3. The summed E-state index contributed by atoms with van der Waals surface area (Å²) in [7, 11) is 0. The van der Waals surface area contributed by atoms with Crippen LogP contribution in [0.4, 0.5) is 24.5 Å². The van der Waals surface area contributed by atoms with E-state index in [-0.39, 0.29) is 33.8 Å². The Morgan fingerprint density at radius 2 is 1.48 bits per heavy atom. The van der Waals surface area contributed by atoms with E-state index in [1.807, 2.05) is 0 Å². The summed E-state index contributed by atoms with van der Waals surface area (Å²) in [5.41, 5.74) is 0.242. The Morgan fingerprint density at radius 3 is 2.15 bits per heavy atom. The third-order valence-corrected chi connectivity index (χ3v) is 5.83. The van der Waals surface area contributed by atoms with Gasteiger partial charge in [0.05, 0.1) is 27.7 Å². The fraction of sp³-hybridized carbons (Fsp3) is 0.0909. The third-order valence-electron chi connectivity index (χ3n) is 4.80. The van der Waals surface area contributed by atoms with Crippen LogP contribution in [0.25, 0.3) is 10.9 Å². The number of hydrogen-bond donors (Lipinski definition) is 1. The van der Waals surface area contributed by atoms with Gasteiger partial charge in [-0.2, -0.15) is 13.2 Å². The van der Waals surface area contributed by atoms with Crippen LogP contribution in [0, 0.1) is 0 Å². The molecule has 1 N–H and O–H groups in total. The van der Waals surface area contributed by atoms with E-state index < -0.39 is 11.7 Å². The van der Waals surface area contributed by atoms with Crippen LogP contribution in [0.1, 0.15) is 11.1 Å². The van der Waals surface area contributed by atoms with Crippen molar-refractivity contribution in [2.75, 3.05) is 0 Å². The molecule has 1 heterocycles. The van der Waals surface area contributed by atoms with Crippen LogP contribution in [0.3, 0.4) is 0 Å². The fourth-order valence-corrected chi connectivity index (χ4v) is 4.38. The molecule has 0 radical (unpaired) electrons. The smallest absolute Gasteiger partial charge is 0.416 e. The Hall–Kier alpha value is -2.45.